The fourth-order valence-electron chi connectivity index (χ4n) is 10.1. The molecule has 25 heteroatoms. The van der Waals surface area contributed by atoms with Gasteiger partial charge in [0, 0.05) is 42.5 Å². The molecule has 2 aliphatic carbocycles. The maximum Gasteiger partial charge on any atom is 0.334 e. The molecule has 2 aliphatic heterocycles. The van der Waals surface area contributed by atoms with Crippen molar-refractivity contribution in [2.24, 2.45) is 11.8 Å². The Morgan fingerprint density at radius 2 is 1.54 bits per heavy atom. The van der Waals surface area contributed by atoms with E-state index in [1.807, 2.05) is 13.8 Å². The van der Waals surface area contributed by atoms with Gasteiger partial charge >= 0.3 is 7.60 Å². The van der Waals surface area contributed by atoms with Crippen molar-refractivity contribution in [3.05, 3.63) is 51.6 Å². The largest absolute Gasteiger partial charge is 0.507 e. The zero-order valence-corrected chi connectivity index (χ0v) is 43.0. The third kappa shape index (κ3) is 12.3. The lowest BCUT2D eigenvalue weighted by Crippen LogP contribution is -2.60. The van der Waals surface area contributed by atoms with E-state index in [-0.39, 0.29) is 72.1 Å². The quantitative estimate of drug-likeness (QED) is 0.0551. The highest BCUT2D eigenvalue weighted by molar-refractivity contribution is 7.52. The average molecular weight is 1060 g/mol. The minimum absolute atomic E-state index is 0.0131. The molecule has 74 heavy (non-hydrogen) atoms. The van der Waals surface area contributed by atoms with Crippen LogP contribution in [0.15, 0.2) is 18.2 Å². The molecule has 0 saturated carbocycles. The van der Waals surface area contributed by atoms with Gasteiger partial charge in [-0.25, -0.2) is 0 Å². The number of amides is 5. The van der Waals surface area contributed by atoms with E-state index in [4.69, 9.17) is 24.0 Å². The number of nitrogens with zero attached hydrogens (tertiary/aromatic N) is 1. The van der Waals surface area contributed by atoms with E-state index in [1.54, 1.807) is 13.8 Å². The lowest BCUT2D eigenvalue weighted by atomic mass is 9.72. The number of ketones is 3. The van der Waals surface area contributed by atoms with Gasteiger partial charge in [-0.05, 0) is 57.4 Å². The molecular weight excluding hydrogens is 994 g/mol. The fourth-order valence-corrected chi connectivity index (χ4v) is 10.6. The topological polar surface area (TPSA) is 374 Å². The first-order chi connectivity index (χ1) is 34.6. The summed E-state index contributed by atoms with van der Waals surface area (Å²) in [5.74, 6) is -8.68. The molecule has 2 heterocycles. The van der Waals surface area contributed by atoms with Gasteiger partial charge in [0.05, 0.1) is 42.0 Å². The van der Waals surface area contributed by atoms with Crippen molar-refractivity contribution < 1.29 is 92.5 Å². The lowest BCUT2D eigenvalue weighted by molar-refractivity contribution is -0.249. The first-order valence-electron chi connectivity index (χ1n) is 24.4. The monoisotopic (exact) mass is 1060 g/mol. The molecule has 4 aliphatic rings. The summed E-state index contributed by atoms with van der Waals surface area (Å²) < 4.78 is 28.9. The minimum Gasteiger partial charge on any atom is -0.507 e. The molecule has 11 N–H and O–H groups in total. The molecule has 0 bridgehead atoms. The van der Waals surface area contributed by atoms with Crippen LogP contribution in [0.3, 0.4) is 0 Å². The van der Waals surface area contributed by atoms with Crippen LogP contribution >= 0.6 is 7.60 Å². The van der Waals surface area contributed by atoms with Crippen molar-refractivity contribution in [3.8, 4) is 17.2 Å². The van der Waals surface area contributed by atoms with Crippen molar-refractivity contribution in [1.82, 2.24) is 26.2 Å². The van der Waals surface area contributed by atoms with Gasteiger partial charge < -0.3 is 75.7 Å². The zero-order chi connectivity index (χ0) is 54.9. The predicted molar refractivity (Wildman–Crippen MR) is 258 cm³/mol. The maximum absolute atomic E-state index is 14.4. The van der Waals surface area contributed by atoms with Crippen LogP contribution < -0.4 is 26.0 Å². The summed E-state index contributed by atoms with van der Waals surface area (Å²) in [7, 11) is -3.45. The molecule has 0 radical (unpaired) electrons. The first-order valence-corrected chi connectivity index (χ1v) is 26.2. The third-order valence-electron chi connectivity index (χ3n) is 13.7. The fraction of sp³-hybridized carbons (Fsp3) is 0.592. The summed E-state index contributed by atoms with van der Waals surface area (Å²) in [6.07, 6.45) is -7.47. The molecule has 2 fully saturated rings. The average Bonchev–Trinajstić information content (AvgIpc) is 3.81. The molecule has 2 aromatic carbocycles. The van der Waals surface area contributed by atoms with E-state index in [9.17, 15) is 68.5 Å². The van der Waals surface area contributed by atoms with Gasteiger partial charge in [0.15, 0.2) is 17.9 Å². The Labute approximate surface area is 426 Å². The lowest BCUT2D eigenvalue weighted by Gasteiger charge is -2.43. The summed E-state index contributed by atoms with van der Waals surface area (Å²) in [5, 5.41) is 67.0. The van der Waals surface area contributed by atoms with E-state index in [0.29, 0.717) is 6.42 Å². The molecule has 2 aromatic rings. The number of methoxy groups -OCH3 is 1. The van der Waals surface area contributed by atoms with Crippen LogP contribution in [0.25, 0.3) is 0 Å². The number of hydrogen-bond acceptors (Lipinski definition) is 17. The Hall–Kier alpha value is -5.85. The van der Waals surface area contributed by atoms with E-state index in [1.165, 1.54) is 44.1 Å². The van der Waals surface area contributed by atoms with Crippen LogP contribution in [-0.4, -0.2) is 168 Å². The number of phenols is 2. The van der Waals surface area contributed by atoms with Gasteiger partial charge in [0.2, 0.25) is 35.3 Å². The number of fused-ring (bicyclic) bond motifs is 3. The van der Waals surface area contributed by atoms with Gasteiger partial charge in [-0.1, -0.05) is 39.8 Å². The van der Waals surface area contributed by atoms with E-state index in [0.717, 1.165) is 0 Å². The molecule has 24 nitrogen and oxygen atoms in total. The molecule has 2 saturated heterocycles. The molecule has 406 valence electrons. The van der Waals surface area contributed by atoms with Gasteiger partial charge in [0.25, 0.3) is 0 Å². The second-order valence-electron chi connectivity index (χ2n) is 20.3. The summed E-state index contributed by atoms with van der Waals surface area (Å²) in [5.41, 5.74) is -4.51. The molecule has 5 amide bonds. The smallest absolute Gasteiger partial charge is 0.334 e. The Kier molecular flexibility index (Phi) is 17.8. The number of hydrogen-bond donors (Lipinski definition) is 11. The van der Waals surface area contributed by atoms with Gasteiger partial charge in [0.1, 0.15) is 65.9 Å². The zero-order valence-electron chi connectivity index (χ0n) is 42.1. The number of nitrogens with one attached hydrogen (secondary N) is 4. The summed E-state index contributed by atoms with van der Waals surface area (Å²) in [4.78, 5) is 129. The Morgan fingerprint density at radius 3 is 2.16 bits per heavy atom. The highest BCUT2D eigenvalue weighted by Crippen LogP contribution is 2.52. The number of aliphatic hydroxyl groups excluding tert-OH is 2. The number of Topliss-reactive ketones (excluding diaryl/α,β-unsaturated/α-hetero) is 1. The molecule has 0 unspecified atom stereocenters. The number of carbonyl (C=O) groups is 8. The van der Waals surface area contributed by atoms with Crippen molar-refractivity contribution in [2.45, 2.75) is 147 Å². The number of ether oxygens (including phenoxy) is 3. The second kappa shape index (κ2) is 23.0. The third-order valence-corrected chi connectivity index (χ3v) is 14.4. The van der Waals surface area contributed by atoms with E-state index >= 15 is 0 Å². The SMILES string of the molecule is COc1cccc2c1C(=O)c1c(O)c3c(c(O)c1C2=O)C[C@@](O)(C(=O)CO)C[C@@H]3O[C@H]1C[C@H](NC(=O)[C@@H]2CCCN2C(=O)[C@H](CC(C)C)NC(=O)[C@H](CC(C)C)NC(=O)[C@H](C)NC(=O)CP(=O)(O)O)[C@H](O)[C@H](C)O1. The number of phenolic OH excluding ortho intramolecular Hbond substituents is 2. The van der Waals surface area contributed by atoms with Crippen LogP contribution in [0.5, 0.6) is 17.2 Å². The Bertz CT molecular complexity index is 2620. The number of benzene rings is 2. The predicted octanol–water partition coefficient (Wildman–Crippen LogP) is -0.106. The second-order valence-corrected chi connectivity index (χ2v) is 21.9. The van der Waals surface area contributed by atoms with Crippen LogP contribution in [0, 0.1) is 11.8 Å². The standard InChI is InChI=1S/C49H66N5O19P/c1-21(2)14-28(52-45(63)23(5)50-34(57)20-74(68,69)70)46(64)53-29(15-22(3)4)48(66)54-13-9-11-30(54)47(65)51-27-16-35(72-24(6)40(27)58)73-32-18-49(67,33(56)19-55)17-26-37(32)44(62)39-38(42(26)60)41(59)25-10-8-12-31(71-7)36(25)43(39)61/h8,10,12,21-24,27-30,32,35,40,55,58,60,62,67H,9,11,13-20H2,1-7H3,(H,50,57)(H,51,65)(H,52,63)(H,53,64)(H2,68,69,70)/t23-,24-,27-,28-,29-,30-,32-,35-,40+,49-/m0/s1. The van der Waals surface area contributed by atoms with Gasteiger partial charge in [-0.3, -0.25) is 42.9 Å². The highest BCUT2D eigenvalue weighted by atomic mass is 31.2. The number of carbonyl (C=O) groups excluding carboxylic acids is 8. The summed E-state index contributed by atoms with van der Waals surface area (Å²) in [6.45, 7) is 8.91. The maximum atomic E-state index is 14.4. The summed E-state index contributed by atoms with van der Waals surface area (Å²) in [6, 6.07) is -1.71. The molecule has 6 rings (SSSR count). The van der Waals surface area contributed by atoms with Crippen molar-refractivity contribution >= 4 is 54.5 Å². The van der Waals surface area contributed by atoms with Crippen LogP contribution in [-0.2, 0) is 49.2 Å². The van der Waals surface area contributed by atoms with Gasteiger partial charge in [-0.15, -0.1) is 0 Å². The molecular formula is C49H66N5O19P. The van der Waals surface area contributed by atoms with Crippen molar-refractivity contribution in [3.63, 3.8) is 0 Å². The van der Waals surface area contributed by atoms with Crippen LogP contribution in [0.1, 0.15) is 129 Å². The van der Waals surface area contributed by atoms with Gasteiger partial charge in [-0.2, -0.15) is 0 Å². The van der Waals surface area contributed by atoms with Crippen molar-refractivity contribution in [2.75, 3.05) is 26.4 Å². The number of aromatic hydroxyl groups is 2. The number of rotatable bonds is 19. The van der Waals surface area contributed by atoms with Crippen LogP contribution in [0.2, 0.25) is 0 Å². The van der Waals surface area contributed by atoms with E-state index in [2.05, 4.69) is 21.3 Å². The molecule has 10 atom stereocenters. The van der Waals surface area contributed by atoms with E-state index < -0.39 is 163 Å². The number of likely N-dealkylation sites (tertiary alicyclic amines) is 1. The number of aliphatic hydroxyl groups is 3. The molecule has 0 spiro atoms. The first kappa shape index (κ1) is 57.4. The Morgan fingerprint density at radius 1 is 0.905 bits per heavy atom. The minimum atomic E-state index is -4.73. The summed E-state index contributed by atoms with van der Waals surface area (Å²) >= 11 is 0. The van der Waals surface area contributed by atoms with Crippen LogP contribution in [0.4, 0.5) is 0 Å². The van der Waals surface area contributed by atoms with Crippen molar-refractivity contribution in [1.29, 1.82) is 0 Å². The normalized spacial score (nSPS) is 24.8. The highest BCUT2D eigenvalue weighted by Gasteiger charge is 2.51. The molecule has 0 aromatic heterocycles. The Balaban J connectivity index is 1.21.